The van der Waals surface area contributed by atoms with Crippen molar-refractivity contribution in [3.63, 3.8) is 0 Å². The number of benzene rings is 1. The van der Waals surface area contributed by atoms with Crippen LogP contribution in [0.2, 0.25) is 0 Å². The highest BCUT2D eigenvalue weighted by molar-refractivity contribution is 14.1. The molecule has 1 rings (SSSR count). The molecule has 0 saturated heterocycles. The van der Waals surface area contributed by atoms with Crippen LogP contribution in [0.15, 0.2) is 18.2 Å². The zero-order valence-corrected chi connectivity index (χ0v) is 11.6. The van der Waals surface area contributed by atoms with Crippen molar-refractivity contribution in [1.82, 2.24) is 0 Å². The maximum Gasteiger partial charge on any atom is 0.327 e. The molecule has 0 N–H and O–H groups in total. The summed E-state index contributed by atoms with van der Waals surface area (Å²) in [4.78, 5) is 21.6. The number of nitrogens with zero attached hydrogens (tertiary/aromatic N) is 2. The van der Waals surface area contributed by atoms with Gasteiger partial charge in [0.2, 0.25) is 0 Å². The first-order valence-electron chi connectivity index (χ1n) is 5.01. The number of hydrogen-bond donors (Lipinski definition) is 0. The Bertz CT molecular complexity index is 524. The summed E-state index contributed by atoms with van der Waals surface area (Å²) in [5, 5.41) is 19.6. The molecule has 0 aromatic heterocycles. The lowest BCUT2D eigenvalue weighted by Gasteiger charge is -2.10. The van der Waals surface area contributed by atoms with E-state index in [1.54, 1.807) is 6.92 Å². The summed E-state index contributed by atoms with van der Waals surface area (Å²) >= 11 is 1.86. The zero-order chi connectivity index (χ0) is 13.7. The summed E-state index contributed by atoms with van der Waals surface area (Å²) in [7, 11) is 0. The summed E-state index contributed by atoms with van der Waals surface area (Å²) in [5.41, 5.74) is 0.339. The summed E-state index contributed by atoms with van der Waals surface area (Å²) in [6, 6.07) is 5.83. The molecule has 1 aromatic carbocycles. The minimum atomic E-state index is -1.06. The lowest BCUT2D eigenvalue weighted by molar-refractivity contribution is -0.385. The summed E-state index contributed by atoms with van der Waals surface area (Å²) in [5.74, 6) is -1.70. The maximum absolute atomic E-state index is 11.6. The van der Waals surface area contributed by atoms with Crippen LogP contribution in [0.3, 0.4) is 0 Å². The van der Waals surface area contributed by atoms with Gasteiger partial charge in [-0.25, -0.2) is 0 Å². The van der Waals surface area contributed by atoms with E-state index in [1.807, 2.05) is 28.7 Å². The molecule has 1 unspecified atom stereocenters. The molecule has 6 nitrogen and oxygen atoms in total. The summed E-state index contributed by atoms with van der Waals surface area (Å²) in [6.07, 6.45) is 0. The van der Waals surface area contributed by atoms with Crippen molar-refractivity contribution < 1.29 is 14.5 Å². The third-order valence-corrected chi connectivity index (χ3v) is 3.09. The first-order chi connectivity index (χ1) is 8.51. The molecule has 0 aliphatic heterocycles. The van der Waals surface area contributed by atoms with Crippen molar-refractivity contribution in [2.24, 2.45) is 0 Å². The van der Waals surface area contributed by atoms with Crippen LogP contribution < -0.4 is 0 Å². The van der Waals surface area contributed by atoms with Gasteiger partial charge in [-0.1, -0.05) is 0 Å². The molecule has 0 spiro atoms. The number of carbonyl (C=O) groups excluding carboxylic acids is 1. The average Bonchev–Trinajstić information content (AvgIpc) is 2.32. The Morgan fingerprint density at radius 2 is 2.33 bits per heavy atom. The molecule has 7 heteroatoms. The smallest absolute Gasteiger partial charge is 0.327 e. The number of rotatable bonds is 4. The van der Waals surface area contributed by atoms with Crippen molar-refractivity contribution >= 4 is 34.2 Å². The molecule has 0 aliphatic carbocycles. The van der Waals surface area contributed by atoms with E-state index in [0.717, 1.165) is 0 Å². The highest BCUT2D eigenvalue weighted by atomic mass is 127. The lowest BCUT2D eigenvalue weighted by Crippen LogP contribution is -2.15. The van der Waals surface area contributed by atoms with Gasteiger partial charge in [0.1, 0.15) is 0 Å². The van der Waals surface area contributed by atoms with Gasteiger partial charge >= 0.3 is 5.97 Å². The Balaban J connectivity index is 3.12. The number of nitro groups is 1. The summed E-state index contributed by atoms with van der Waals surface area (Å²) < 4.78 is 5.27. The van der Waals surface area contributed by atoms with Crippen LogP contribution in [0.1, 0.15) is 18.4 Å². The molecule has 0 aliphatic rings. The van der Waals surface area contributed by atoms with Crippen molar-refractivity contribution in [2.75, 3.05) is 6.61 Å². The lowest BCUT2D eigenvalue weighted by atomic mass is 10.0. The summed E-state index contributed by atoms with van der Waals surface area (Å²) in [6.45, 7) is 1.83. The van der Waals surface area contributed by atoms with Crippen molar-refractivity contribution in [2.45, 2.75) is 12.8 Å². The molecular formula is C11H9IN2O4. The largest absolute Gasteiger partial charge is 0.465 e. The van der Waals surface area contributed by atoms with Gasteiger partial charge in [-0.3, -0.25) is 14.9 Å². The van der Waals surface area contributed by atoms with E-state index in [9.17, 15) is 14.9 Å². The second-order valence-electron chi connectivity index (χ2n) is 3.28. The van der Waals surface area contributed by atoms with E-state index in [4.69, 9.17) is 10.00 Å². The minimum absolute atomic E-state index is 0.0799. The van der Waals surface area contributed by atoms with Gasteiger partial charge in [0.05, 0.1) is 17.6 Å². The second kappa shape index (κ2) is 6.30. The van der Waals surface area contributed by atoms with E-state index in [1.165, 1.54) is 18.2 Å². The molecule has 94 valence electrons. The number of carbonyl (C=O) groups is 1. The normalized spacial score (nSPS) is 11.4. The van der Waals surface area contributed by atoms with Gasteiger partial charge in [-0.05, 0) is 41.1 Å². The van der Waals surface area contributed by atoms with Crippen LogP contribution >= 0.6 is 22.6 Å². The first-order valence-corrected chi connectivity index (χ1v) is 6.09. The average molecular weight is 360 g/mol. The Hall–Kier alpha value is -1.69. The third-order valence-electron chi connectivity index (χ3n) is 2.16. The number of ether oxygens (including phenoxy) is 1. The minimum Gasteiger partial charge on any atom is -0.465 e. The van der Waals surface area contributed by atoms with Crippen LogP contribution in [-0.4, -0.2) is 17.5 Å². The second-order valence-corrected chi connectivity index (χ2v) is 4.44. The monoisotopic (exact) mass is 360 g/mol. The van der Waals surface area contributed by atoms with E-state index in [2.05, 4.69) is 0 Å². The highest BCUT2D eigenvalue weighted by Crippen LogP contribution is 2.26. The van der Waals surface area contributed by atoms with Gasteiger partial charge in [0.15, 0.2) is 5.92 Å². The molecule has 1 atom stereocenters. The van der Waals surface area contributed by atoms with Crippen LogP contribution in [0.25, 0.3) is 0 Å². The highest BCUT2D eigenvalue weighted by Gasteiger charge is 2.24. The predicted molar refractivity (Wildman–Crippen MR) is 70.8 cm³/mol. The zero-order valence-electron chi connectivity index (χ0n) is 9.42. The van der Waals surface area contributed by atoms with Gasteiger partial charge in [-0.2, -0.15) is 5.26 Å². The molecular weight excluding hydrogens is 351 g/mol. The quantitative estimate of drug-likeness (QED) is 0.356. The van der Waals surface area contributed by atoms with Crippen LogP contribution in [-0.2, 0) is 9.53 Å². The Morgan fingerprint density at radius 3 is 2.78 bits per heavy atom. The SMILES string of the molecule is CCOC(=O)C(C#N)c1ccc([N+](=O)[O-])cc1I. The molecule has 1 aromatic rings. The van der Waals surface area contributed by atoms with Crippen molar-refractivity contribution in [3.05, 3.63) is 37.4 Å². The van der Waals surface area contributed by atoms with E-state index in [0.29, 0.717) is 9.13 Å². The number of hydrogen-bond acceptors (Lipinski definition) is 5. The topological polar surface area (TPSA) is 93.2 Å². The van der Waals surface area contributed by atoms with Gasteiger partial charge < -0.3 is 4.74 Å². The predicted octanol–water partition coefficient (Wildman–Crippen LogP) is 2.37. The number of esters is 1. The number of nitro benzene ring substituents is 1. The Labute approximate surface area is 117 Å². The maximum atomic E-state index is 11.6. The molecule has 18 heavy (non-hydrogen) atoms. The standard InChI is InChI=1S/C11H9IN2O4/c1-2-18-11(15)9(6-13)8-4-3-7(14(16)17)5-10(8)12/h3-5,9H,2H2,1H3. The van der Waals surface area contributed by atoms with E-state index >= 15 is 0 Å². The van der Waals surface area contributed by atoms with Crippen molar-refractivity contribution in [1.29, 1.82) is 5.26 Å². The number of nitriles is 1. The molecule has 0 amide bonds. The van der Waals surface area contributed by atoms with Gasteiger partial charge in [0, 0.05) is 15.7 Å². The molecule has 0 saturated carbocycles. The van der Waals surface area contributed by atoms with Crippen LogP contribution in [0.5, 0.6) is 0 Å². The fourth-order valence-electron chi connectivity index (χ4n) is 1.34. The Morgan fingerprint density at radius 1 is 1.67 bits per heavy atom. The van der Waals surface area contributed by atoms with Gasteiger partial charge in [-0.15, -0.1) is 0 Å². The first kappa shape index (κ1) is 14.4. The van der Waals surface area contributed by atoms with E-state index in [-0.39, 0.29) is 12.3 Å². The fraction of sp³-hybridized carbons (Fsp3) is 0.273. The fourth-order valence-corrected chi connectivity index (χ4v) is 2.15. The molecule has 0 bridgehead atoms. The molecule has 0 heterocycles. The van der Waals surface area contributed by atoms with Crippen LogP contribution in [0, 0.1) is 25.0 Å². The Kier molecular flexibility index (Phi) is 5.03. The number of non-ortho nitro benzene ring substituents is 1. The molecule has 0 radical (unpaired) electrons. The van der Waals surface area contributed by atoms with Gasteiger partial charge in [0.25, 0.3) is 5.69 Å². The van der Waals surface area contributed by atoms with Crippen LogP contribution in [0.4, 0.5) is 5.69 Å². The van der Waals surface area contributed by atoms with E-state index < -0.39 is 16.8 Å². The number of halogens is 1. The third kappa shape index (κ3) is 3.16. The molecule has 0 fully saturated rings. The van der Waals surface area contributed by atoms with Crippen molar-refractivity contribution in [3.8, 4) is 6.07 Å².